The second-order valence-corrected chi connectivity index (χ2v) is 7.80. The molecule has 2 saturated heterocycles. The zero-order valence-electron chi connectivity index (χ0n) is 12.9. The number of β-lactam (4-membered cyclic amide) rings is 1. The Morgan fingerprint density at radius 2 is 2.00 bits per heavy atom. The topological polar surface area (TPSA) is 86.7 Å². The fraction of sp³-hybridized carbons (Fsp3) is 0.438. The Bertz CT molecular complexity index is 692. The molecule has 0 aliphatic carbocycles. The molecule has 3 unspecified atom stereocenters. The molecule has 2 N–H and O–H groups in total. The number of nitrogens with zero attached hydrogens (tertiary/aromatic N) is 1. The summed E-state index contributed by atoms with van der Waals surface area (Å²) in [4.78, 5) is 37.0. The Morgan fingerprint density at radius 1 is 1.36 bits per heavy atom. The Morgan fingerprint density at radius 3 is 2.56 bits per heavy atom. The SMILES string of the molecule is CC1(CF)SC2C(NC(=O)Cc3ccccc3)C(=O)N2[C@H]1C(=O)O.[NaH]. The molecule has 0 radical (unpaired) electrons. The number of nitrogens with one attached hydrogen (secondary N) is 1. The Balaban J connectivity index is 0.00000225. The average molecular weight is 376 g/mol. The number of carbonyl (C=O) groups excluding carboxylic acids is 2. The van der Waals surface area contributed by atoms with Crippen LogP contribution >= 0.6 is 11.8 Å². The van der Waals surface area contributed by atoms with E-state index in [0.29, 0.717) is 0 Å². The van der Waals surface area contributed by atoms with Gasteiger partial charge in [0.1, 0.15) is 24.1 Å². The number of rotatable bonds is 5. The summed E-state index contributed by atoms with van der Waals surface area (Å²) >= 11 is 1.09. The van der Waals surface area contributed by atoms with Crippen LogP contribution in [-0.2, 0) is 20.8 Å². The van der Waals surface area contributed by atoms with Crippen LogP contribution in [0.2, 0.25) is 0 Å². The van der Waals surface area contributed by atoms with Crippen molar-refractivity contribution in [3.63, 3.8) is 0 Å². The summed E-state index contributed by atoms with van der Waals surface area (Å²) in [5.41, 5.74) is 0.815. The number of carboxylic acids is 1. The molecule has 0 bridgehead atoms. The van der Waals surface area contributed by atoms with Gasteiger partial charge in [-0.1, -0.05) is 30.3 Å². The standard InChI is InChI=1S/C16H17FN2O4S.Na.H/c1-16(8-17)12(15(22)23)19-13(21)11(14(19)24-16)18-10(20)7-9-5-3-2-4-6-9;;/h2-6,11-12,14H,7-8H2,1H3,(H,18,20)(H,22,23);;/t11?,12-,14?,16?;;/m0../s1. The first-order chi connectivity index (χ1) is 11.4. The van der Waals surface area contributed by atoms with Crippen LogP contribution in [-0.4, -0.2) is 86.2 Å². The van der Waals surface area contributed by atoms with Gasteiger partial charge in [0.2, 0.25) is 11.8 Å². The quantitative estimate of drug-likeness (QED) is 0.565. The number of halogens is 1. The molecule has 2 heterocycles. The average Bonchev–Trinajstić information content (AvgIpc) is 2.84. The molecule has 130 valence electrons. The fourth-order valence-corrected chi connectivity index (χ4v) is 4.76. The number of hydrogen-bond donors (Lipinski definition) is 2. The van der Waals surface area contributed by atoms with Gasteiger partial charge in [-0.05, 0) is 12.5 Å². The molecular weight excluding hydrogens is 358 g/mol. The summed E-state index contributed by atoms with van der Waals surface area (Å²) in [6.07, 6.45) is 0.130. The molecule has 1 aromatic rings. The summed E-state index contributed by atoms with van der Waals surface area (Å²) in [5, 5.41) is 11.4. The number of amides is 2. The van der Waals surface area contributed by atoms with Gasteiger partial charge in [-0.2, -0.15) is 0 Å². The molecule has 25 heavy (non-hydrogen) atoms. The van der Waals surface area contributed by atoms with E-state index in [0.717, 1.165) is 17.3 Å². The van der Waals surface area contributed by atoms with E-state index in [1.54, 1.807) is 12.1 Å². The summed E-state index contributed by atoms with van der Waals surface area (Å²) in [5.74, 6) is -2.02. The summed E-state index contributed by atoms with van der Waals surface area (Å²) in [6.45, 7) is 0.629. The van der Waals surface area contributed by atoms with Gasteiger partial charge in [0.25, 0.3) is 0 Å². The van der Waals surface area contributed by atoms with Crippen molar-refractivity contribution in [1.82, 2.24) is 10.2 Å². The van der Waals surface area contributed by atoms with Crippen LogP contribution in [0.1, 0.15) is 12.5 Å². The van der Waals surface area contributed by atoms with Crippen LogP contribution in [0.5, 0.6) is 0 Å². The number of fused-ring (bicyclic) bond motifs is 1. The van der Waals surface area contributed by atoms with Crippen LogP contribution in [0, 0.1) is 0 Å². The fourth-order valence-electron chi connectivity index (χ4n) is 3.14. The summed E-state index contributed by atoms with van der Waals surface area (Å²) < 4.78 is 12.2. The van der Waals surface area contributed by atoms with Gasteiger partial charge in [-0.25, -0.2) is 9.18 Å². The zero-order valence-corrected chi connectivity index (χ0v) is 13.8. The van der Waals surface area contributed by atoms with Crippen LogP contribution in [0.25, 0.3) is 0 Å². The van der Waals surface area contributed by atoms with Gasteiger partial charge in [0.05, 0.1) is 11.2 Å². The molecule has 0 aromatic heterocycles. The van der Waals surface area contributed by atoms with Crippen LogP contribution in [0.4, 0.5) is 4.39 Å². The van der Waals surface area contributed by atoms with E-state index in [1.165, 1.54) is 11.8 Å². The normalized spacial score (nSPS) is 30.1. The monoisotopic (exact) mass is 376 g/mol. The maximum atomic E-state index is 13.4. The molecule has 0 saturated carbocycles. The Hall–Kier alpha value is -1.09. The molecule has 3 rings (SSSR count). The van der Waals surface area contributed by atoms with Gasteiger partial charge in [0.15, 0.2) is 0 Å². The van der Waals surface area contributed by atoms with Crippen molar-refractivity contribution in [1.29, 1.82) is 0 Å². The van der Waals surface area contributed by atoms with Gasteiger partial charge in [0, 0.05) is 0 Å². The number of alkyl halides is 1. The zero-order chi connectivity index (χ0) is 17.5. The Labute approximate surface area is 170 Å². The molecule has 4 atom stereocenters. The molecule has 1 aromatic carbocycles. The first kappa shape index (κ1) is 20.2. The van der Waals surface area contributed by atoms with Crippen LogP contribution in [0.3, 0.4) is 0 Å². The third kappa shape index (κ3) is 3.58. The van der Waals surface area contributed by atoms with Crippen LogP contribution in [0.15, 0.2) is 30.3 Å². The molecule has 6 nitrogen and oxygen atoms in total. The van der Waals surface area contributed by atoms with Gasteiger partial charge >= 0.3 is 35.5 Å². The molecule has 2 amide bonds. The first-order valence-corrected chi connectivity index (χ1v) is 8.37. The molecule has 2 fully saturated rings. The van der Waals surface area contributed by atoms with Crippen molar-refractivity contribution in [2.24, 2.45) is 0 Å². The van der Waals surface area contributed by atoms with E-state index in [1.807, 2.05) is 18.2 Å². The van der Waals surface area contributed by atoms with Crippen molar-refractivity contribution in [3.8, 4) is 0 Å². The number of carbonyl (C=O) groups is 3. The minimum atomic E-state index is -1.23. The number of benzene rings is 1. The van der Waals surface area contributed by atoms with E-state index in [9.17, 15) is 23.9 Å². The molecule has 0 spiro atoms. The first-order valence-electron chi connectivity index (χ1n) is 7.49. The number of carboxylic acid groups (broad SMARTS) is 1. The maximum absolute atomic E-state index is 13.4. The predicted molar refractivity (Wildman–Crippen MR) is 93.3 cm³/mol. The number of hydrogen-bond acceptors (Lipinski definition) is 4. The van der Waals surface area contributed by atoms with Crippen molar-refractivity contribution in [2.75, 3.05) is 6.67 Å². The van der Waals surface area contributed by atoms with Gasteiger partial charge in [-0.3, -0.25) is 9.59 Å². The third-order valence-corrected chi connectivity index (χ3v) is 5.96. The second-order valence-electron chi connectivity index (χ2n) is 6.15. The minimum absolute atomic E-state index is 0. The third-order valence-electron chi connectivity index (χ3n) is 4.35. The van der Waals surface area contributed by atoms with Crippen molar-refractivity contribution < 1.29 is 23.9 Å². The predicted octanol–water partition coefficient (Wildman–Crippen LogP) is 0.162. The van der Waals surface area contributed by atoms with E-state index in [4.69, 9.17) is 0 Å². The van der Waals surface area contributed by atoms with Crippen LogP contribution < -0.4 is 5.32 Å². The summed E-state index contributed by atoms with van der Waals surface area (Å²) in [6, 6.07) is 7.06. The molecule has 2 aliphatic heterocycles. The van der Waals surface area contributed by atoms with E-state index in [-0.39, 0.29) is 41.9 Å². The van der Waals surface area contributed by atoms with Gasteiger partial charge < -0.3 is 15.3 Å². The Kier molecular flexibility index (Phi) is 6.19. The summed E-state index contributed by atoms with van der Waals surface area (Å²) in [7, 11) is 0. The number of thioether (sulfide) groups is 1. The molecule has 9 heteroatoms. The van der Waals surface area contributed by atoms with Crippen molar-refractivity contribution in [2.45, 2.75) is 35.5 Å². The van der Waals surface area contributed by atoms with E-state index < -0.39 is 40.8 Å². The van der Waals surface area contributed by atoms with Crippen molar-refractivity contribution in [3.05, 3.63) is 35.9 Å². The van der Waals surface area contributed by atoms with E-state index >= 15 is 0 Å². The number of aliphatic carboxylic acids is 1. The molecular formula is C16H18FN2NaO4S. The second kappa shape index (κ2) is 7.65. The van der Waals surface area contributed by atoms with Gasteiger partial charge in [-0.15, -0.1) is 11.8 Å². The van der Waals surface area contributed by atoms with Crippen molar-refractivity contribution >= 4 is 59.1 Å². The van der Waals surface area contributed by atoms with E-state index in [2.05, 4.69) is 5.32 Å². The molecule has 2 aliphatic rings.